The fourth-order valence-corrected chi connectivity index (χ4v) is 3.18. The highest BCUT2D eigenvalue weighted by atomic mass is 28.3. The first-order valence-electron chi connectivity index (χ1n) is 6.85. The monoisotopic (exact) mass is 251 g/mol. The number of ether oxygens (including phenoxy) is 1. The van der Waals surface area contributed by atoms with Crippen LogP contribution in [-0.2, 0) is 4.74 Å². The van der Waals surface area contributed by atoms with Gasteiger partial charge >= 0.3 is 0 Å². The zero-order valence-electron chi connectivity index (χ0n) is 11.5. The van der Waals surface area contributed by atoms with Crippen LogP contribution in [0.15, 0.2) is 0 Å². The molecule has 0 N–H and O–H groups in total. The van der Waals surface area contributed by atoms with E-state index in [0.717, 1.165) is 32.7 Å². The molecule has 1 saturated carbocycles. The van der Waals surface area contributed by atoms with E-state index in [1.807, 2.05) is 0 Å². The maximum Gasteiger partial charge on any atom is 0.129 e. The van der Waals surface area contributed by atoms with Gasteiger partial charge in [0.2, 0.25) is 0 Å². The first kappa shape index (κ1) is 13.1. The highest BCUT2D eigenvalue weighted by molar-refractivity contribution is 6.83. The van der Waals surface area contributed by atoms with Gasteiger partial charge in [0.15, 0.2) is 0 Å². The van der Waals surface area contributed by atoms with Gasteiger partial charge in [0.25, 0.3) is 0 Å². The molecule has 0 aromatic carbocycles. The van der Waals surface area contributed by atoms with Gasteiger partial charge in [-0.2, -0.15) is 0 Å². The van der Waals surface area contributed by atoms with Crippen LogP contribution < -0.4 is 0 Å². The van der Waals surface area contributed by atoms with Gasteiger partial charge in [0.05, 0.1) is 13.2 Å². The smallest absolute Gasteiger partial charge is 0.129 e. The molecule has 2 rings (SSSR count). The molecule has 2 nitrogen and oxygen atoms in total. The summed E-state index contributed by atoms with van der Waals surface area (Å²) in [5, 5.41) is 0. The number of rotatable bonds is 3. The van der Waals surface area contributed by atoms with Gasteiger partial charge in [0.1, 0.15) is 8.07 Å². The van der Waals surface area contributed by atoms with E-state index in [4.69, 9.17) is 4.74 Å². The normalized spacial score (nSPS) is 23.9. The topological polar surface area (TPSA) is 12.5 Å². The van der Waals surface area contributed by atoms with Gasteiger partial charge in [-0.3, -0.25) is 4.90 Å². The Labute approximate surface area is 107 Å². The quantitative estimate of drug-likeness (QED) is 0.564. The standard InChI is InChI=1S/C14H25NOSi/c1-17(2,3)13-5-4-6-14(7-8-14)15-9-11-16-12-10-15/h4,6-12H2,1-3H3. The van der Waals surface area contributed by atoms with Gasteiger partial charge in [0, 0.05) is 25.0 Å². The van der Waals surface area contributed by atoms with Crippen molar-refractivity contribution in [3.63, 3.8) is 0 Å². The molecular weight excluding hydrogens is 226 g/mol. The van der Waals surface area contributed by atoms with Crippen LogP contribution in [0.4, 0.5) is 0 Å². The Morgan fingerprint density at radius 1 is 1.18 bits per heavy atom. The van der Waals surface area contributed by atoms with Crippen molar-refractivity contribution < 1.29 is 4.74 Å². The van der Waals surface area contributed by atoms with Gasteiger partial charge in [-0.25, -0.2) is 0 Å². The van der Waals surface area contributed by atoms with Crippen LogP contribution in [-0.4, -0.2) is 44.8 Å². The average molecular weight is 251 g/mol. The minimum Gasteiger partial charge on any atom is -0.379 e. The minimum atomic E-state index is -1.17. The Morgan fingerprint density at radius 3 is 2.35 bits per heavy atom. The van der Waals surface area contributed by atoms with E-state index in [9.17, 15) is 0 Å². The number of morpholine rings is 1. The summed E-state index contributed by atoms with van der Waals surface area (Å²) in [5.41, 5.74) is 3.98. The summed E-state index contributed by atoms with van der Waals surface area (Å²) in [7, 11) is -1.17. The van der Waals surface area contributed by atoms with E-state index >= 15 is 0 Å². The lowest BCUT2D eigenvalue weighted by atomic mass is 10.1. The molecule has 0 spiro atoms. The summed E-state index contributed by atoms with van der Waals surface area (Å²) < 4.78 is 5.43. The van der Waals surface area contributed by atoms with E-state index in [0.29, 0.717) is 5.54 Å². The van der Waals surface area contributed by atoms with E-state index in [2.05, 4.69) is 36.0 Å². The molecule has 0 unspecified atom stereocenters. The molecule has 1 aliphatic carbocycles. The molecule has 2 aliphatic rings. The predicted molar refractivity (Wildman–Crippen MR) is 74.7 cm³/mol. The van der Waals surface area contributed by atoms with Crippen LogP contribution in [0.2, 0.25) is 19.6 Å². The second kappa shape index (κ2) is 5.13. The zero-order valence-corrected chi connectivity index (χ0v) is 12.5. The van der Waals surface area contributed by atoms with E-state index < -0.39 is 8.07 Å². The lowest BCUT2D eigenvalue weighted by molar-refractivity contribution is 0.00776. The van der Waals surface area contributed by atoms with Gasteiger partial charge in [-0.05, 0) is 19.3 Å². The van der Waals surface area contributed by atoms with Gasteiger partial charge < -0.3 is 4.74 Å². The van der Waals surface area contributed by atoms with Crippen molar-refractivity contribution in [2.45, 2.75) is 50.9 Å². The van der Waals surface area contributed by atoms with Crippen molar-refractivity contribution in [1.82, 2.24) is 4.90 Å². The number of hydrogen-bond acceptors (Lipinski definition) is 2. The Kier molecular flexibility index (Phi) is 3.97. The number of nitrogens with zero attached hydrogens (tertiary/aromatic N) is 1. The molecule has 1 aliphatic heterocycles. The van der Waals surface area contributed by atoms with Crippen LogP contribution in [0.1, 0.15) is 25.7 Å². The van der Waals surface area contributed by atoms with Gasteiger partial charge in [-0.1, -0.05) is 19.6 Å². The molecule has 1 saturated heterocycles. The molecule has 0 bridgehead atoms. The summed E-state index contributed by atoms with van der Waals surface area (Å²) >= 11 is 0. The maximum atomic E-state index is 5.43. The Morgan fingerprint density at radius 2 is 1.82 bits per heavy atom. The summed E-state index contributed by atoms with van der Waals surface area (Å²) in [6.45, 7) is 11.0. The summed E-state index contributed by atoms with van der Waals surface area (Å²) in [5.74, 6) is 3.41. The Bertz CT molecular complexity index is 313. The van der Waals surface area contributed by atoms with Crippen molar-refractivity contribution >= 4 is 8.07 Å². The Hall–Kier alpha value is -0.303. The molecule has 17 heavy (non-hydrogen) atoms. The predicted octanol–water partition coefficient (Wildman–Crippen LogP) is 2.51. The lowest BCUT2D eigenvalue weighted by Crippen LogP contribution is -2.45. The van der Waals surface area contributed by atoms with Crippen LogP contribution in [0, 0.1) is 11.5 Å². The van der Waals surface area contributed by atoms with E-state index in [1.54, 1.807) is 0 Å². The van der Waals surface area contributed by atoms with Crippen molar-refractivity contribution in [2.75, 3.05) is 26.3 Å². The lowest BCUT2D eigenvalue weighted by Gasteiger charge is -2.34. The zero-order chi connectivity index (χ0) is 12.4. The van der Waals surface area contributed by atoms with Crippen molar-refractivity contribution in [3.05, 3.63) is 0 Å². The molecule has 1 heterocycles. The molecular formula is C14H25NOSi. The van der Waals surface area contributed by atoms with Crippen LogP contribution in [0.5, 0.6) is 0 Å². The second-order valence-electron chi connectivity index (χ2n) is 6.38. The first-order valence-corrected chi connectivity index (χ1v) is 10.3. The highest BCUT2D eigenvalue weighted by Crippen LogP contribution is 2.45. The summed E-state index contributed by atoms with van der Waals surface area (Å²) in [4.78, 5) is 2.65. The average Bonchev–Trinajstić information content (AvgIpc) is 3.06. The van der Waals surface area contributed by atoms with Crippen LogP contribution in [0.3, 0.4) is 0 Å². The fourth-order valence-electron chi connectivity index (χ4n) is 2.53. The largest absolute Gasteiger partial charge is 0.379 e. The van der Waals surface area contributed by atoms with E-state index in [1.165, 1.54) is 19.3 Å². The molecule has 0 aromatic rings. The Balaban J connectivity index is 1.79. The highest BCUT2D eigenvalue weighted by Gasteiger charge is 2.47. The molecule has 3 heteroatoms. The third kappa shape index (κ3) is 3.84. The molecule has 0 radical (unpaired) electrons. The first-order chi connectivity index (χ1) is 8.02. The molecule has 0 amide bonds. The molecule has 2 fully saturated rings. The molecule has 96 valence electrons. The van der Waals surface area contributed by atoms with Gasteiger partial charge in [-0.15, -0.1) is 11.5 Å². The van der Waals surface area contributed by atoms with Crippen LogP contribution >= 0.6 is 0 Å². The van der Waals surface area contributed by atoms with E-state index in [-0.39, 0.29) is 0 Å². The van der Waals surface area contributed by atoms with Crippen molar-refractivity contribution in [1.29, 1.82) is 0 Å². The third-order valence-corrected chi connectivity index (χ3v) is 4.61. The summed E-state index contributed by atoms with van der Waals surface area (Å²) in [6.07, 6.45) is 5.11. The minimum absolute atomic E-state index is 0.512. The molecule has 0 atom stereocenters. The number of hydrogen-bond donors (Lipinski definition) is 0. The fraction of sp³-hybridized carbons (Fsp3) is 0.857. The van der Waals surface area contributed by atoms with Crippen LogP contribution in [0.25, 0.3) is 0 Å². The third-order valence-electron chi connectivity index (χ3n) is 3.69. The molecule has 0 aromatic heterocycles. The SMILES string of the molecule is C[Si](C)(C)C#CCCC1(N2CCOCC2)CC1. The second-order valence-corrected chi connectivity index (χ2v) is 11.1. The summed E-state index contributed by atoms with van der Waals surface area (Å²) in [6, 6.07) is 0. The van der Waals surface area contributed by atoms with Crippen molar-refractivity contribution in [3.8, 4) is 11.5 Å². The van der Waals surface area contributed by atoms with Crippen molar-refractivity contribution in [2.24, 2.45) is 0 Å². The maximum absolute atomic E-state index is 5.43.